The first kappa shape index (κ1) is 18.0. The van der Waals surface area contributed by atoms with Crippen LogP contribution in [0.3, 0.4) is 0 Å². The first-order valence-electron chi connectivity index (χ1n) is 7.27. The Hall–Kier alpha value is -1.10. The standard InChI is InChI=1S/C16H24N2O2.ClH/c1-17-11-13-7-9-18(10-8-13)12-14-3-5-15(6-4-14)16(19)20-2;/h3-6,13,17H,7-12H2,1-2H3;1H. The highest BCUT2D eigenvalue weighted by Gasteiger charge is 2.18. The molecule has 0 aliphatic carbocycles. The first-order chi connectivity index (χ1) is 9.72. The minimum atomic E-state index is -0.274. The molecule has 1 aromatic carbocycles. The molecule has 1 aliphatic rings. The van der Waals surface area contributed by atoms with Gasteiger partial charge < -0.3 is 10.1 Å². The molecule has 1 aliphatic heterocycles. The van der Waals surface area contributed by atoms with Gasteiger partial charge in [-0.3, -0.25) is 4.90 Å². The lowest BCUT2D eigenvalue weighted by Gasteiger charge is -2.31. The topological polar surface area (TPSA) is 41.6 Å². The van der Waals surface area contributed by atoms with Gasteiger partial charge in [0, 0.05) is 6.54 Å². The molecule has 21 heavy (non-hydrogen) atoms. The van der Waals surface area contributed by atoms with Gasteiger partial charge in [0.1, 0.15) is 0 Å². The predicted octanol–water partition coefficient (Wildman–Crippen LogP) is 2.33. The summed E-state index contributed by atoms with van der Waals surface area (Å²) in [7, 11) is 3.43. The maximum absolute atomic E-state index is 11.4. The van der Waals surface area contributed by atoms with E-state index in [0.29, 0.717) is 5.56 Å². The second-order valence-corrected chi connectivity index (χ2v) is 5.47. The minimum absolute atomic E-state index is 0. The van der Waals surface area contributed by atoms with E-state index in [2.05, 4.69) is 10.2 Å². The molecule has 1 aromatic rings. The summed E-state index contributed by atoms with van der Waals surface area (Å²) in [6.07, 6.45) is 2.53. The van der Waals surface area contributed by atoms with E-state index in [0.717, 1.165) is 32.1 Å². The van der Waals surface area contributed by atoms with Crippen molar-refractivity contribution in [2.24, 2.45) is 5.92 Å². The van der Waals surface area contributed by atoms with E-state index in [1.807, 2.05) is 31.3 Å². The van der Waals surface area contributed by atoms with Crippen LogP contribution >= 0.6 is 12.4 Å². The molecule has 1 saturated heterocycles. The fraction of sp³-hybridized carbons (Fsp3) is 0.562. The van der Waals surface area contributed by atoms with Gasteiger partial charge in [0.05, 0.1) is 12.7 Å². The smallest absolute Gasteiger partial charge is 0.337 e. The van der Waals surface area contributed by atoms with Crippen molar-refractivity contribution in [2.45, 2.75) is 19.4 Å². The Labute approximate surface area is 133 Å². The molecule has 118 valence electrons. The number of esters is 1. The van der Waals surface area contributed by atoms with Gasteiger partial charge >= 0.3 is 5.97 Å². The maximum Gasteiger partial charge on any atom is 0.337 e. The Bertz CT molecular complexity index is 428. The maximum atomic E-state index is 11.4. The van der Waals surface area contributed by atoms with Gasteiger partial charge in [0.15, 0.2) is 0 Å². The minimum Gasteiger partial charge on any atom is -0.465 e. The molecule has 1 N–H and O–H groups in total. The van der Waals surface area contributed by atoms with Gasteiger partial charge in [-0.25, -0.2) is 4.79 Å². The number of nitrogens with one attached hydrogen (secondary N) is 1. The summed E-state index contributed by atoms with van der Waals surface area (Å²) in [6.45, 7) is 4.41. The molecule has 0 unspecified atom stereocenters. The number of carbonyl (C=O) groups is 1. The lowest BCUT2D eigenvalue weighted by molar-refractivity contribution is 0.0600. The fourth-order valence-corrected chi connectivity index (χ4v) is 2.76. The summed E-state index contributed by atoms with van der Waals surface area (Å²) >= 11 is 0. The van der Waals surface area contributed by atoms with E-state index in [-0.39, 0.29) is 18.4 Å². The molecule has 0 amide bonds. The summed E-state index contributed by atoms with van der Waals surface area (Å²) in [5.41, 5.74) is 1.87. The van der Waals surface area contributed by atoms with Gasteiger partial charge in [0.25, 0.3) is 0 Å². The molecule has 0 atom stereocenters. The Balaban J connectivity index is 0.00000220. The summed E-state index contributed by atoms with van der Waals surface area (Å²) in [4.78, 5) is 13.9. The number of benzene rings is 1. The summed E-state index contributed by atoms with van der Waals surface area (Å²) in [5.74, 6) is 0.544. The Morgan fingerprint density at radius 3 is 2.43 bits per heavy atom. The third-order valence-corrected chi connectivity index (χ3v) is 3.98. The summed E-state index contributed by atoms with van der Waals surface area (Å²) in [6, 6.07) is 7.72. The Morgan fingerprint density at radius 1 is 1.29 bits per heavy atom. The number of halogens is 1. The van der Waals surface area contributed by atoms with Crippen LogP contribution in [-0.4, -0.2) is 44.7 Å². The van der Waals surface area contributed by atoms with Crippen LogP contribution < -0.4 is 5.32 Å². The van der Waals surface area contributed by atoms with Crippen LogP contribution in [0, 0.1) is 5.92 Å². The van der Waals surface area contributed by atoms with Crippen molar-refractivity contribution in [3.63, 3.8) is 0 Å². The molecule has 2 rings (SSSR count). The third-order valence-electron chi connectivity index (χ3n) is 3.98. The monoisotopic (exact) mass is 312 g/mol. The van der Waals surface area contributed by atoms with E-state index >= 15 is 0 Å². The molecule has 0 spiro atoms. The number of hydrogen-bond acceptors (Lipinski definition) is 4. The van der Waals surface area contributed by atoms with Crippen LogP contribution in [0.4, 0.5) is 0 Å². The molecular formula is C16H25ClN2O2. The Kier molecular flexibility index (Phi) is 7.72. The van der Waals surface area contributed by atoms with Gasteiger partial charge in [-0.05, 0) is 63.1 Å². The number of rotatable bonds is 5. The quantitative estimate of drug-likeness (QED) is 0.847. The largest absolute Gasteiger partial charge is 0.465 e. The van der Waals surface area contributed by atoms with Crippen LogP contribution in [0.5, 0.6) is 0 Å². The zero-order chi connectivity index (χ0) is 14.4. The SMILES string of the molecule is CNCC1CCN(Cc2ccc(C(=O)OC)cc2)CC1.Cl. The first-order valence-corrected chi connectivity index (χ1v) is 7.27. The summed E-state index contributed by atoms with van der Waals surface area (Å²) in [5, 5.41) is 3.26. The van der Waals surface area contributed by atoms with Crippen LogP contribution in [-0.2, 0) is 11.3 Å². The van der Waals surface area contributed by atoms with Crippen molar-refractivity contribution < 1.29 is 9.53 Å². The average molecular weight is 313 g/mol. The van der Waals surface area contributed by atoms with Gasteiger partial charge in [-0.15, -0.1) is 12.4 Å². The number of methoxy groups -OCH3 is 1. The highest BCUT2D eigenvalue weighted by atomic mass is 35.5. The van der Waals surface area contributed by atoms with E-state index in [9.17, 15) is 4.79 Å². The van der Waals surface area contributed by atoms with E-state index in [4.69, 9.17) is 4.74 Å². The molecule has 0 aromatic heterocycles. The molecular weight excluding hydrogens is 288 g/mol. The van der Waals surface area contributed by atoms with Crippen LogP contribution in [0.15, 0.2) is 24.3 Å². The van der Waals surface area contributed by atoms with Crippen LogP contribution in [0.25, 0.3) is 0 Å². The predicted molar refractivity (Wildman–Crippen MR) is 87.0 cm³/mol. The molecule has 0 saturated carbocycles. The number of ether oxygens (including phenoxy) is 1. The van der Waals surface area contributed by atoms with Crippen LogP contribution in [0.2, 0.25) is 0 Å². The molecule has 1 fully saturated rings. The number of carbonyl (C=O) groups excluding carboxylic acids is 1. The van der Waals surface area contributed by atoms with Crippen molar-refractivity contribution >= 4 is 18.4 Å². The normalized spacial score (nSPS) is 16.3. The lowest BCUT2D eigenvalue weighted by Crippen LogP contribution is -2.36. The summed E-state index contributed by atoms with van der Waals surface area (Å²) < 4.78 is 4.71. The molecule has 4 nitrogen and oxygen atoms in total. The number of piperidine rings is 1. The zero-order valence-corrected chi connectivity index (χ0v) is 13.6. The van der Waals surface area contributed by atoms with Crippen molar-refractivity contribution in [3.05, 3.63) is 35.4 Å². The average Bonchev–Trinajstić information content (AvgIpc) is 2.49. The van der Waals surface area contributed by atoms with Crippen molar-refractivity contribution in [1.82, 2.24) is 10.2 Å². The Morgan fingerprint density at radius 2 is 1.90 bits per heavy atom. The second kappa shape index (κ2) is 9.03. The van der Waals surface area contributed by atoms with Gasteiger partial charge in [-0.1, -0.05) is 12.1 Å². The van der Waals surface area contributed by atoms with Crippen molar-refractivity contribution in [2.75, 3.05) is 33.8 Å². The second-order valence-electron chi connectivity index (χ2n) is 5.47. The number of hydrogen-bond donors (Lipinski definition) is 1. The van der Waals surface area contributed by atoms with Crippen LogP contribution in [0.1, 0.15) is 28.8 Å². The van der Waals surface area contributed by atoms with Gasteiger partial charge in [-0.2, -0.15) is 0 Å². The van der Waals surface area contributed by atoms with E-state index in [1.165, 1.54) is 25.5 Å². The zero-order valence-electron chi connectivity index (χ0n) is 12.8. The third kappa shape index (κ3) is 5.30. The van der Waals surface area contributed by atoms with Crippen molar-refractivity contribution in [3.8, 4) is 0 Å². The highest BCUT2D eigenvalue weighted by molar-refractivity contribution is 5.89. The van der Waals surface area contributed by atoms with E-state index < -0.39 is 0 Å². The molecule has 1 heterocycles. The number of likely N-dealkylation sites (tertiary alicyclic amines) is 1. The molecule has 0 bridgehead atoms. The van der Waals surface area contributed by atoms with Crippen molar-refractivity contribution in [1.29, 1.82) is 0 Å². The molecule has 0 radical (unpaired) electrons. The molecule has 5 heteroatoms. The lowest BCUT2D eigenvalue weighted by atomic mass is 9.96. The van der Waals surface area contributed by atoms with Gasteiger partial charge in [0.2, 0.25) is 0 Å². The van der Waals surface area contributed by atoms with E-state index in [1.54, 1.807) is 0 Å². The number of nitrogens with zero attached hydrogens (tertiary/aromatic N) is 1. The highest BCUT2D eigenvalue weighted by Crippen LogP contribution is 2.18. The fourth-order valence-electron chi connectivity index (χ4n) is 2.76.